The number of quaternary nitrogens is 1. The van der Waals surface area contributed by atoms with Gasteiger partial charge in [-0.1, -0.05) is 0 Å². The van der Waals surface area contributed by atoms with Gasteiger partial charge in [-0.25, -0.2) is 8.78 Å². The summed E-state index contributed by atoms with van der Waals surface area (Å²) in [5.41, 5.74) is 4.59. The van der Waals surface area contributed by atoms with E-state index < -0.39 is 42.8 Å². The van der Waals surface area contributed by atoms with Crippen LogP contribution in [0.25, 0.3) is 0 Å². The van der Waals surface area contributed by atoms with E-state index in [1.54, 1.807) is 12.1 Å². The fourth-order valence-electron chi connectivity index (χ4n) is 2.51. The molecule has 4 N–H and O–H groups in total. The van der Waals surface area contributed by atoms with Crippen molar-refractivity contribution in [3.8, 4) is 6.07 Å². The lowest BCUT2D eigenvalue weighted by molar-refractivity contribution is -0.387. The summed E-state index contributed by atoms with van der Waals surface area (Å²) in [6, 6.07) is 2.51. The van der Waals surface area contributed by atoms with Crippen molar-refractivity contribution in [3.05, 3.63) is 29.6 Å². The van der Waals surface area contributed by atoms with E-state index in [4.69, 9.17) is 5.26 Å². The average molecular weight is 338 g/mol. The van der Waals surface area contributed by atoms with E-state index in [0.717, 1.165) is 4.90 Å². The lowest BCUT2D eigenvalue weighted by atomic mass is 10.2. The molecular formula is C15H18F2N5O2+. The monoisotopic (exact) mass is 338 g/mol. The van der Waals surface area contributed by atoms with Crippen molar-refractivity contribution in [2.24, 2.45) is 0 Å². The maximum absolute atomic E-state index is 13.4. The molecule has 1 aliphatic rings. The fourth-order valence-corrected chi connectivity index (χ4v) is 2.51. The molecule has 2 unspecified atom stereocenters. The topological polar surface area (TPSA) is 114 Å². The minimum Gasteiger partial charge on any atom is -0.353 e. The normalized spacial score (nSPS) is 20.3. The highest BCUT2D eigenvalue weighted by molar-refractivity contribution is 5.97. The first-order chi connectivity index (χ1) is 11.3. The van der Waals surface area contributed by atoms with E-state index in [9.17, 15) is 18.4 Å². The van der Waals surface area contributed by atoms with Crippen molar-refractivity contribution in [2.75, 3.05) is 6.54 Å². The molecule has 0 spiro atoms. The second-order valence-electron chi connectivity index (χ2n) is 5.65. The average Bonchev–Trinajstić information content (AvgIpc) is 2.88. The van der Waals surface area contributed by atoms with E-state index in [1.807, 2.05) is 0 Å². The van der Waals surface area contributed by atoms with E-state index in [0.29, 0.717) is 17.8 Å². The number of hydrogen-bond donors (Lipinski definition) is 2. The molecule has 1 saturated heterocycles. The summed E-state index contributed by atoms with van der Waals surface area (Å²) in [6.07, 6.45) is 0.766. The van der Waals surface area contributed by atoms with Crippen LogP contribution < -0.4 is 11.1 Å². The van der Waals surface area contributed by atoms with Gasteiger partial charge in [0.05, 0.1) is 18.3 Å². The second-order valence-corrected chi connectivity index (χ2v) is 5.65. The zero-order valence-corrected chi connectivity index (χ0v) is 13.1. The molecule has 7 nitrogen and oxygen atoms in total. The van der Waals surface area contributed by atoms with Gasteiger partial charge in [0.1, 0.15) is 18.6 Å². The summed E-state index contributed by atoms with van der Waals surface area (Å²) in [5, 5.41) is 11.4. The molecule has 0 radical (unpaired) electrons. The van der Waals surface area contributed by atoms with Crippen molar-refractivity contribution in [1.29, 1.82) is 5.26 Å². The number of likely N-dealkylation sites (tertiary alicyclic amines) is 1. The molecule has 0 bridgehead atoms. The van der Waals surface area contributed by atoms with Crippen molar-refractivity contribution in [2.45, 2.75) is 37.9 Å². The number of carbonyl (C=O) groups is 2. The molecule has 128 valence electrons. The van der Waals surface area contributed by atoms with E-state index in [1.165, 1.54) is 19.2 Å². The predicted octanol–water partition coefficient (Wildman–Crippen LogP) is -0.298. The number of halogens is 2. The quantitative estimate of drug-likeness (QED) is 0.784. The SMILES string of the molecule is CC(NC(=O)c1ccnc(C[NH3+])c1)C(=O)N1CC(F)(F)CC1C#N. The molecule has 24 heavy (non-hydrogen) atoms. The number of rotatable bonds is 4. The summed E-state index contributed by atoms with van der Waals surface area (Å²) >= 11 is 0. The van der Waals surface area contributed by atoms with Gasteiger partial charge in [0.15, 0.2) is 0 Å². The molecule has 2 heterocycles. The molecule has 0 aliphatic carbocycles. The highest BCUT2D eigenvalue weighted by Gasteiger charge is 2.48. The molecule has 1 aromatic heterocycles. The summed E-state index contributed by atoms with van der Waals surface area (Å²) in [6.45, 7) is 0.988. The number of alkyl halides is 2. The van der Waals surface area contributed by atoms with E-state index >= 15 is 0 Å². The van der Waals surface area contributed by atoms with Crippen LogP contribution in [-0.4, -0.2) is 46.2 Å². The van der Waals surface area contributed by atoms with Crippen LogP contribution in [0.1, 0.15) is 29.4 Å². The van der Waals surface area contributed by atoms with Crippen LogP contribution in [0.3, 0.4) is 0 Å². The van der Waals surface area contributed by atoms with Gasteiger partial charge in [0, 0.05) is 18.2 Å². The van der Waals surface area contributed by atoms with Crippen LogP contribution in [0, 0.1) is 11.3 Å². The van der Waals surface area contributed by atoms with Gasteiger partial charge in [0.25, 0.3) is 11.8 Å². The summed E-state index contributed by atoms with van der Waals surface area (Å²) in [5.74, 6) is -4.32. The third-order valence-corrected chi connectivity index (χ3v) is 3.75. The van der Waals surface area contributed by atoms with E-state index in [-0.39, 0.29) is 0 Å². The van der Waals surface area contributed by atoms with Crippen LogP contribution in [0.4, 0.5) is 8.78 Å². The maximum Gasteiger partial charge on any atom is 0.268 e. The second kappa shape index (κ2) is 6.88. The van der Waals surface area contributed by atoms with Crippen molar-refractivity contribution < 1.29 is 24.1 Å². The number of amides is 2. The molecule has 1 aliphatic heterocycles. The number of aromatic nitrogens is 1. The number of hydrogen-bond acceptors (Lipinski definition) is 4. The Bertz CT molecular complexity index is 689. The summed E-state index contributed by atoms with van der Waals surface area (Å²) < 4.78 is 26.8. The predicted molar refractivity (Wildman–Crippen MR) is 78.4 cm³/mol. The Labute approximate surface area is 137 Å². The first kappa shape index (κ1) is 17.7. The zero-order chi connectivity index (χ0) is 17.9. The third-order valence-electron chi connectivity index (χ3n) is 3.75. The Morgan fingerprint density at radius 1 is 1.62 bits per heavy atom. The van der Waals surface area contributed by atoms with Crippen molar-refractivity contribution >= 4 is 11.8 Å². The van der Waals surface area contributed by atoms with Crippen LogP contribution in [0.15, 0.2) is 18.3 Å². The molecule has 2 rings (SSSR count). The van der Waals surface area contributed by atoms with Gasteiger partial charge in [-0.2, -0.15) is 5.26 Å². The smallest absolute Gasteiger partial charge is 0.268 e. The van der Waals surface area contributed by atoms with Gasteiger partial charge in [0.2, 0.25) is 5.91 Å². The number of pyridine rings is 1. The zero-order valence-electron chi connectivity index (χ0n) is 13.1. The molecular weight excluding hydrogens is 320 g/mol. The molecule has 1 aromatic rings. The molecule has 2 amide bonds. The molecule has 0 saturated carbocycles. The van der Waals surface area contributed by atoms with Gasteiger partial charge >= 0.3 is 0 Å². The Morgan fingerprint density at radius 2 is 2.33 bits per heavy atom. The highest BCUT2D eigenvalue weighted by atomic mass is 19.3. The Kier molecular flexibility index (Phi) is 5.09. The van der Waals surface area contributed by atoms with Crippen LogP contribution in [0.2, 0.25) is 0 Å². The number of nitrogens with zero attached hydrogens (tertiary/aromatic N) is 3. The largest absolute Gasteiger partial charge is 0.353 e. The first-order valence-corrected chi connectivity index (χ1v) is 7.40. The first-order valence-electron chi connectivity index (χ1n) is 7.40. The number of carbonyl (C=O) groups excluding carboxylic acids is 2. The fraction of sp³-hybridized carbons (Fsp3) is 0.467. The van der Waals surface area contributed by atoms with Crippen molar-refractivity contribution in [3.63, 3.8) is 0 Å². The van der Waals surface area contributed by atoms with E-state index in [2.05, 4.69) is 16.0 Å². The number of nitrogens with one attached hydrogen (secondary N) is 1. The molecule has 9 heteroatoms. The molecule has 2 atom stereocenters. The van der Waals surface area contributed by atoms with Crippen LogP contribution in [0.5, 0.6) is 0 Å². The minimum atomic E-state index is -3.09. The maximum atomic E-state index is 13.4. The van der Waals surface area contributed by atoms with Crippen LogP contribution >= 0.6 is 0 Å². The van der Waals surface area contributed by atoms with Gasteiger partial charge in [-0.15, -0.1) is 0 Å². The lowest BCUT2D eigenvalue weighted by Gasteiger charge is -2.23. The van der Waals surface area contributed by atoms with Crippen molar-refractivity contribution in [1.82, 2.24) is 15.2 Å². The summed E-state index contributed by atoms with van der Waals surface area (Å²) in [4.78, 5) is 29.3. The Balaban J connectivity index is 2.06. The lowest BCUT2D eigenvalue weighted by Crippen LogP contribution is -2.49. The van der Waals surface area contributed by atoms with Gasteiger partial charge in [-0.05, 0) is 19.1 Å². The summed E-state index contributed by atoms with van der Waals surface area (Å²) in [7, 11) is 0. The third kappa shape index (κ3) is 3.83. The Hall–Kier alpha value is -2.60. The van der Waals surface area contributed by atoms with Crippen LogP contribution in [-0.2, 0) is 11.3 Å². The van der Waals surface area contributed by atoms with Gasteiger partial charge in [-0.3, -0.25) is 14.6 Å². The van der Waals surface area contributed by atoms with Gasteiger partial charge < -0.3 is 16.0 Å². The standard InChI is InChI=1S/C15H17F2N5O2/c1-9(14(24)22-8-15(16,17)5-12(22)7-19)21-13(23)10-2-3-20-11(4-10)6-18/h2-4,9,12H,5-6,8,18H2,1H3,(H,21,23)/p+1. The molecule has 1 fully saturated rings. The molecule has 0 aromatic carbocycles. The minimum absolute atomic E-state index is 0.298. The number of nitriles is 1. The highest BCUT2D eigenvalue weighted by Crippen LogP contribution is 2.32. The Morgan fingerprint density at radius 3 is 2.96 bits per heavy atom.